The van der Waals surface area contributed by atoms with Crippen molar-refractivity contribution in [2.24, 2.45) is 5.92 Å². The van der Waals surface area contributed by atoms with Crippen LogP contribution >= 0.6 is 0 Å². The van der Waals surface area contributed by atoms with Crippen LogP contribution in [0.5, 0.6) is 0 Å². The van der Waals surface area contributed by atoms with Crippen molar-refractivity contribution in [3.8, 4) is 0 Å². The number of carbonyl (C=O) groups excluding carboxylic acids is 3. The fraction of sp³-hybridized carbons (Fsp3) is 0.632. The molecular formula is C19H28N2O5. The van der Waals surface area contributed by atoms with E-state index in [1.54, 1.807) is 20.8 Å². The first-order chi connectivity index (χ1) is 12.3. The Bertz CT molecular complexity index is 680. The molecule has 7 nitrogen and oxygen atoms in total. The molecule has 7 heteroatoms. The Morgan fingerprint density at radius 3 is 2.46 bits per heavy atom. The summed E-state index contributed by atoms with van der Waals surface area (Å²) in [5, 5.41) is 2.95. The predicted molar refractivity (Wildman–Crippen MR) is 96.1 cm³/mol. The number of aromatic nitrogens is 1. The molecule has 1 aromatic heterocycles. The average molecular weight is 364 g/mol. The number of aromatic amines is 1. The number of nitrogens with one attached hydrogen (secondary N) is 2. The van der Waals surface area contributed by atoms with Crippen LogP contribution in [0.1, 0.15) is 71.6 Å². The third kappa shape index (κ3) is 4.65. The summed E-state index contributed by atoms with van der Waals surface area (Å²) in [6.07, 6.45) is 4.35. The molecule has 0 spiro atoms. The van der Waals surface area contributed by atoms with E-state index >= 15 is 0 Å². The Balaban J connectivity index is 1.95. The van der Waals surface area contributed by atoms with Crippen LogP contribution in [0.3, 0.4) is 0 Å². The average Bonchev–Trinajstić information content (AvgIpc) is 2.90. The quantitative estimate of drug-likeness (QED) is 0.756. The number of hydrogen-bond donors (Lipinski definition) is 2. The standard InChI is InChI=1S/C19H28N2O5/c1-5-25-19(24)17-12(3)16(13(4)20-17)18(23)26-10-15(22)21-14-9-7-6-8-11(14)2/h11,14,20H,5-10H2,1-4H3,(H,21,22). The first-order valence-electron chi connectivity index (χ1n) is 9.17. The van der Waals surface area contributed by atoms with Gasteiger partial charge in [0.15, 0.2) is 6.61 Å². The van der Waals surface area contributed by atoms with E-state index in [0.717, 1.165) is 19.3 Å². The van der Waals surface area contributed by atoms with Gasteiger partial charge in [-0.05, 0) is 45.1 Å². The Morgan fingerprint density at radius 1 is 1.12 bits per heavy atom. The lowest BCUT2D eigenvalue weighted by molar-refractivity contribution is -0.125. The van der Waals surface area contributed by atoms with Crippen LogP contribution < -0.4 is 5.32 Å². The molecule has 2 unspecified atom stereocenters. The van der Waals surface area contributed by atoms with E-state index in [2.05, 4.69) is 17.2 Å². The SMILES string of the molecule is CCOC(=O)c1[nH]c(C)c(C(=O)OCC(=O)NC2CCCCC2C)c1C. The highest BCUT2D eigenvalue weighted by atomic mass is 16.5. The minimum Gasteiger partial charge on any atom is -0.461 e. The molecule has 1 aliphatic rings. The first kappa shape index (κ1) is 20.0. The summed E-state index contributed by atoms with van der Waals surface area (Å²) in [4.78, 5) is 39.2. The molecule has 1 saturated carbocycles. The van der Waals surface area contributed by atoms with Crippen molar-refractivity contribution in [3.63, 3.8) is 0 Å². The summed E-state index contributed by atoms with van der Waals surface area (Å²) in [5.74, 6) is -1.01. The molecule has 1 heterocycles. The highest BCUT2D eigenvalue weighted by Crippen LogP contribution is 2.23. The van der Waals surface area contributed by atoms with Crippen LogP contribution in [0.15, 0.2) is 0 Å². The molecule has 2 atom stereocenters. The lowest BCUT2D eigenvalue weighted by atomic mass is 9.86. The van der Waals surface area contributed by atoms with Gasteiger partial charge in [-0.3, -0.25) is 4.79 Å². The topological polar surface area (TPSA) is 97.5 Å². The van der Waals surface area contributed by atoms with Gasteiger partial charge in [-0.1, -0.05) is 19.8 Å². The van der Waals surface area contributed by atoms with Gasteiger partial charge in [0.1, 0.15) is 5.69 Å². The van der Waals surface area contributed by atoms with Gasteiger partial charge in [0.25, 0.3) is 5.91 Å². The molecule has 26 heavy (non-hydrogen) atoms. The van der Waals surface area contributed by atoms with Crippen LogP contribution in [0.4, 0.5) is 0 Å². The summed E-state index contributed by atoms with van der Waals surface area (Å²) >= 11 is 0. The summed E-state index contributed by atoms with van der Waals surface area (Å²) in [5.41, 5.74) is 1.48. The van der Waals surface area contributed by atoms with E-state index in [1.165, 1.54) is 6.42 Å². The third-order valence-corrected chi connectivity index (χ3v) is 4.91. The monoisotopic (exact) mass is 364 g/mol. The van der Waals surface area contributed by atoms with Gasteiger partial charge >= 0.3 is 11.9 Å². The maximum atomic E-state index is 12.4. The highest BCUT2D eigenvalue weighted by molar-refractivity contribution is 5.99. The van der Waals surface area contributed by atoms with E-state index in [1.807, 2.05) is 0 Å². The summed E-state index contributed by atoms with van der Waals surface area (Å²) in [6, 6.07) is 0.140. The zero-order valence-electron chi connectivity index (χ0n) is 15.9. The maximum Gasteiger partial charge on any atom is 0.355 e. The number of amides is 1. The molecule has 0 aliphatic heterocycles. The Kier molecular flexibility index (Phi) is 6.83. The lowest BCUT2D eigenvalue weighted by Crippen LogP contribution is -2.42. The summed E-state index contributed by atoms with van der Waals surface area (Å²) < 4.78 is 10.1. The molecule has 0 bridgehead atoms. The van der Waals surface area contributed by atoms with Gasteiger partial charge in [-0.15, -0.1) is 0 Å². The van der Waals surface area contributed by atoms with E-state index in [4.69, 9.17) is 9.47 Å². The number of esters is 2. The second kappa shape index (κ2) is 8.87. The van der Waals surface area contributed by atoms with Crippen LogP contribution in [-0.2, 0) is 14.3 Å². The van der Waals surface area contributed by atoms with Gasteiger partial charge in [0.2, 0.25) is 0 Å². The molecule has 1 aromatic rings. The third-order valence-electron chi connectivity index (χ3n) is 4.91. The van der Waals surface area contributed by atoms with E-state index < -0.39 is 11.9 Å². The Hall–Kier alpha value is -2.31. The van der Waals surface area contributed by atoms with Gasteiger partial charge < -0.3 is 19.8 Å². The van der Waals surface area contributed by atoms with Gasteiger partial charge in [-0.25, -0.2) is 9.59 Å². The van der Waals surface area contributed by atoms with Crippen molar-refractivity contribution in [2.75, 3.05) is 13.2 Å². The largest absolute Gasteiger partial charge is 0.461 e. The molecule has 0 radical (unpaired) electrons. The first-order valence-corrected chi connectivity index (χ1v) is 9.17. The molecule has 1 aliphatic carbocycles. The molecule has 1 amide bonds. The van der Waals surface area contributed by atoms with Gasteiger partial charge in [-0.2, -0.15) is 0 Å². The van der Waals surface area contributed by atoms with E-state index in [9.17, 15) is 14.4 Å². The maximum absolute atomic E-state index is 12.4. The minimum atomic E-state index is -0.626. The van der Waals surface area contributed by atoms with Crippen molar-refractivity contribution >= 4 is 17.8 Å². The fourth-order valence-electron chi connectivity index (χ4n) is 3.45. The van der Waals surface area contributed by atoms with Crippen LogP contribution in [0.25, 0.3) is 0 Å². The van der Waals surface area contributed by atoms with Crippen molar-refractivity contribution in [3.05, 3.63) is 22.5 Å². The normalized spacial score (nSPS) is 19.7. The van der Waals surface area contributed by atoms with Crippen LogP contribution in [-0.4, -0.2) is 42.1 Å². The smallest absolute Gasteiger partial charge is 0.355 e. The van der Waals surface area contributed by atoms with Gasteiger partial charge in [0, 0.05) is 11.7 Å². The molecule has 0 saturated heterocycles. The van der Waals surface area contributed by atoms with Crippen LogP contribution in [0.2, 0.25) is 0 Å². The molecule has 1 fully saturated rings. The Morgan fingerprint density at radius 2 is 1.81 bits per heavy atom. The zero-order chi connectivity index (χ0) is 19.3. The number of ether oxygens (including phenoxy) is 2. The number of hydrogen-bond acceptors (Lipinski definition) is 5. The van der Waals surface area contributed by atoms with Crippen molar-refractivity contribution in [1.82, 2.24) is 10.3 Å². The molecule has 144 valence electrons. The fourth-order valence-corrected chi connectivity index (χ4v) is 3.45. The highest BCUT2D eigenvalue weighted by Gasteiger charge is 2.26. The molecular weight excluding hydrogens is 336 g/mol. The summed E-state index contributed by atoms with van der Waals surface area (Å²) in [6.45, 7) is 7.08. The molecule has 2 N–H and O–H groups in total. The number of aryl methyl sites for hydroxylation is 1. The van der Waals surface area contributed by atoms with E-state index in [0.29, 0.717) is 17.2 Å². The number of H-pyrrole nitrogens is 1. The molecule has 2 rings (SSSR count). The van der Waals surface area contributed by atoms with Crippen LogP contribution in [0, 0.1) is 19.8 Å². The second-order valence-corrected chi connectivity index (χ2v) is 6.86. The van der Waals surface area contributed by atoms with Crippen molar-refractivity contribution in [2.45, 2.75) is 59.4 Å². The minimum absolute atomic E-state index is 0.140. The van der Waals surface area contributed by atoms with Gasteiger partial charge in [0.05, 0.1) is 12.2 Å². The van der Waals surface area contributed by atoms with Crippen molar-refractivity contribution in [1.29, 1.82) is 0 Å². The number of rotatable bonds is 6. The second-order valence-electron chi connectivity index (χ2n) is 6.86. The van der Waals surface area contributed by atoms with E-state index in [-0.39, 0.29) is 36.4 Å². The molecule has 0 aromatic carbocycles. The Labute approximate surface area is 153 Å². The number of carbonyl (C=O) groups is 3. The lowest BCUT2D eigenvalue weighted by Gasteiger charge is -2.29. The van der Waals surface area contributed by atoms with Crippen molar-refractivity contribution < 1.29 is 23.9 Å². The zero-order valence-corrected chi connectivity index (χ0v) is 15.9. The predicted octanol–water partition coefficient (Wildman–Crippen LogP) is 2.66. The summed E-state index contributed by atoms with van der Waals surface area (Å²) in [7, 11) is 0.